The molecule has 0 bridgehead atoms. The molecule has 3 aromatic heterocycles. The van der Waals surface area contributed by atoms with E-state index in [0.717, 1.165) is 96.7 Å². The first-order chi connectivity index (χ1) is 24.5. The predicted octanol–water partition coefficient (Wildman–Crippen LogP) is 5.79. The van der Waals surface area contributed by atoms with Crippen LogP contribution in [-0.2, 0) is 30.8 Å². The molecule has 3 N–H and O–H groups in total. The topological polar surface area (TPSA) is 122 Å². The normalized spacial score (nSPS) is 16.1. The second kappa shape index (κ2) is 15.5. The molecule has 2 aliphatic rings. The van der Waals surface area contributed by atoms with Crippen molar-refractivity contribution < 1.29 is 18.3 Å². The summed E-state index contributed by atoms with van der Waals surface area (Å²) in [4.78, 5) is 25.4. The number of fused-ring (bicyclic) bond motifs is 1. The molecule has 11 nitrogen and oxygen atoms in total. The van der Waals surface area contributed by atoms with Gasteiger partial charge in [0, 0.05) is 57.5 Å². The van der Waals surface area contributed by atoms with Crippen LogP contribution < -0.4 is 16.0 Å². The number of benzene rings is 2. The number of hydrogen-bond acceptors (Lipinski definition) is 9. The zero-order chi connectivity index (χ0) is 34.5. The molecule has 0 saturated carbocycles. The number of hydrogen-bond donors (Lipinski definition) is 3. The van der Waals surface area contributed by atoms with Gasteiger partial charge in [-0.25, -0.2) is 19.0 Å². The van der Waals surface area contributed by atoms with Crippen molar-refractivity contribution >= 4 is 22.6 Å². The molecule has 12 heteroatoms. The lowest BCUT2D eigenvalue weighted by atomic mass is 10.00. The van der Waals surface area contributed by atoms with E-state index in [4.69, 9.17) is 14.1 Å². The van der Waals surface area contributed by atoms with Gasteiger partial charge in [-0.2, -0.15) is 5.10 Å². The van der Waals surface area contributed by atoms with E-state index in [1.807, 2.05) is 36.9 Å². The number of aryl methyl sites for hydroxylation is 2. The molecule has 1 amide bonds. The third-order valence-electron chi connectivity index (χ3n) is 9.58. The molecule has 2 aromatic carbocycles. The number of amides is 1. The molecule has 0 radical (unpaired) electrons. The smallest absolute Gasteiger partial charge is 0.273 e. The lowest BCUT2D eigenvalue weighted by Gasteiger charge is -2.26. The van der Waals surface area contributed by atoms with Crippen LogP contribution >= 0.6 is 0 Å². The van der Waals surface area contributed by atoms with Gasteiger partial charge in [0.25, 0.3) is 5.91 Å². The fourth-order valence-electron chi connectivity index (χ4n) is 6.87. The summed E-state index contributed by atoms with van der Waals surface area (Å²) in [5.41, 5.74) is 6.60. The van der Waals surface area contributed by atoms with Gasteiger partial charge in [-0.05, 0) is 80.6 Å². The van der Waals surface area contributed by atoms with Crippen LogP contribution in [0.5, 0.6) is 0 Å². The number of oxazole rings is 1. The van der Waals surface area contributed by atoms with Gasteiger partial charge >= 0.3 is 0 Å². The largest absolute Gasteiger partial charge is 0.443 e. The van der Waals surface area contributed by atoms with E-state index in [0.29, 0.717) is 37.6 Å². The van der Waals surface area contributed by atoms with Gasteiger partial charge < -0.3 is 25.1 Å². The number of ether oxygens (including phenoxy) is 1. The molecule has 5 heterocycles. The van der Waals surface area contributed by atoms with Crippen LogP contribution in [0.25, 0.3) is 33.6 Å². The average molecular weight is 681 g/mol. The van der Waals surface area contributed by atoms with E-state index in [2.05, 4.69) is 43.1 Å². The number of halogens is 1. The maximum Gasteiger partial charge on any atom is 0.273 e. The molecule has 0 atom stereocenters. The van der Waals surface area contributed by atoms with Crippen molar-refractivity contribution in [2.45, 2.75) is 65.2 Å². The first kappa shape index (κ1) is 33.8. The Bertz CT molecular complexity index is 1940. The molecule has 50 heavy (non-hydrogen) atoms. The van der Waals surface area contributed by atoms with Crippen molar-refractivity contribution in [2.24, 2.45) is 0 Å². The fraction of sp³-hybridized carbons (Fsp3) is 0.421. The summed E-state index contributed by atoms with van der Waals surface area (Å²) in [6.45, 7) is 11.2. The molecular weight excluding hydrogens is 635 g/mol. The Balaban J connectivity index is 1.09. The summed E-state index contributed by atoms with van der Waals surface area (Å²) < 4.78 is 28.6. The number of nitrogens with one attached hydrogen (secondary N) is 3. The monoisotopic (exact) mass is 680 g/mol. The fourth-order valence-corrected chi connectivity index (χ4v) is 6.87. The average Bonchev–Trinajstić information content (AvgIpc) is 3.72. The van der Waals surface area contributed by atoms with Crippen LogP contribution in [-0.4, -0.2) is 76.0 Å². The maximum atomic E-state index is 15.1. The van der Waals surface area contributed by atoms with Gasteiger partial charge in [0.05, 0.1) is 28.5 Å². The number of carbonyl (C=O) groups is 1. The molecule has 262 valence electrons. The molecule has 2 fully saturated rings. The quantitative estimate of drug-likeness (QED) is 0.159. The first-order valence-corrected chi connectivity index (χ1v) is 17.8. The van der Waals surface area contributed by atoms with Crippen LogP contribution in [0.15, 0.2) is 59.3 Å². The third-order valence-corrected chi connectivity index (χ3v) is 9.58. The minimum atomic E-state index is -0.385. The number of aromatic nitrogens is 4. The predicted molar refractivity (Wildman–Crippen MR) is 191 cm³/mol. The van der Waals surface area contributed by atoms with E-state index < -0.39 is 0 Å². The molecule has 0 spiro atoms. The van der Waals surface area contributed by atoms with E-state index >= 15 is 4.39 Å². The van der Waals surface area contributed by atoms with Crippen molar-refractivity contribution in [3.63, 3.8) is 0 Å². The highest BCUT2D eigenvalue weighted by molar-refractivity contribution is 5.99. The lowest BCUT2D eigenvalue weighted by molar-refractivity contribution is 0.0904. The van der Waals surface area contributed by atoms with E-state index in [1.165, 1.54) is 12.3 Å². The van der Waals surface area contributed by atoms with Crippen LogP contribution in [0.1, 0.15) is 60.4 Å². The van der Waals surface area contributed by atoms with Crippen molar-refractivity contribution in [1.29, 1.82) is 0 Å². The van der Waals surface area contributed by atoms with E-state index in [-0.39, 0.29) is 30.0 Å². The maximum absolute atomic E-state index is 15.1. The molecule has 0 unspecified atom stereocenters. The minimum Gasteiger partial charge on any atom is -0.443 e. The number of rotatable bonds is 11. The molecule has 7 rings (SSSR count). The molecule has 2 aliphatic heterocycles. The summed E-state index contributed by atoms with van der Waals surface area (Å²) >= 11 is 0. The summed E-state index contributed by atoms with van der Waals surface area (Å²) in [6, 6.07) is 13.2. The minimum absolute atomic E-state index is 0.155. The summed E-state index contributed by atoms with van der Waals surface area (Å²) in [6.07, 6.45) is 6.71. The highest BCUT2D eigenvalue weighted by Crippen LogP contribution is 2.38. The SMILES string of the molecule is CCc1nc2c(cnn2CC)c(NC2CCOCC2)c1-c1nc(C(=O)NCc2ccc(F)c(-c3cccc(CN4CCCNCC4)c3)c2)co1. The van der Waals surface area contributed by atoms with E-state index in [9.17, 15) is 4.79 Å². The first-order valence-electron chi connectivity index (χ1n) is 17.8. The number of pyridine rings is 1. The van der Waals surface area contributed by atoms with Crippen LogP contribution in [0, 0.1) is 5.82 Å². The molecule has 0 aliphatic carbocycles. The van der Waals surface area contributed by atoms with Gasteiger partial charge in [-0.3, -0.25) is 9.69 Å². The summed E-state index contributed by atoms with van der Waals surface area (Å²) in [5, 5.41) is 15.6. The second-order valence-corrected chi connectivity index (χ2v) is 13.0. The Hall–Kier alpha value is -4.65. The molecule has 2 saturated heterocycles. The standard InChI is InChI=1S/C38H45FN8O3/c1-3-32-34(35(43-28-11-17-49-18-12-28)30-22-42-47(4-2)36(30)44-32)38-45-33(24-50-38)37(48)41-21-25-9-10-31(39)29(20-25)27-8-5-7-26(19-27)23-46-15-6-13-40-14-16-46/h5,7-10,19-20,22,24,28,40H,3-4,6,11-18,21,23H2,1-2H3,(H,41,48)(H,43,44). The van der Waals surface area contributed by atoms with Crippen molar-refractivity contribution in [3.05, 3.63) is 83.3 Å². The highest BCUT2D eigenvalue weighted by Gasteiger charge is 2.26. The van der Waals surface area contributed by atoms with Crippen LogP contribution in [0.3, 0.4) is 0 Å². The highest BCUT2D eigenvalue weighted by atomic mass is 19.1. The van der Waals surface area contributed by atoms with Crippen molar-refractivity contribution in [3.8, 4) is 22.6 Å². The Morgan fingerprint density at radius 2 is 1.94 bits per heavy atom. The summed E-state index contributed by atoms with van der Waals surface area (Å²) in [5.74, 6) is -0.366. The zero-order valence-electron chi connectivity index (χ0n) is 28.8. The van der Waals surface area contributed by atoms with Crippen molar-refractivity contribution in [1.82, 2.24) is 35.3 Å². The van der Waals surface area contributed by atoms with Gasteiger partial charge in [0.15, 0.2) is 11.3 Å². The van der Waals surface area contributed by atoms with Gasteiger partial charge in [0.1, 0.15) is 12.1 Å². The zero-order valence-corrected chi connectivity index (χ0v) is 28.8. The van der Waals surface area contributed by atoms with Crippen LogP contribution in [0.2, 0.25) is 0 Å². The number of carbonyl (C=O) groups excluding carboxylic acids is 1. The van der Waals surface area contributed by atoms with Gasteiger partial charge in [-0.15, -0.1) is 0 Å². The molecular formula is C38H45FN8O3. The molecule has 5 aromatic rings. The van der Waals surface area contributed by atoms with Gasteiger partial charge in [0.2, 0.25) is 5.89 Å². The Kier molecular flexibility index (Phi) is 10.5. The van der Waals surface area contributed by atoms with Crippen LogP contribution in [0.4, 0.5) is 10.1 Å². The second-order valence-electron chi connectivity index (χ2n) is 13.0. The van der Waals surface area contributed by atoms with Gasteiger partial charge in [-0.1, -0.05) is 31.2 Å². The Labute approximate surface area is 291 Å². The third kappa shape index (κ3) is 7.42. The lowest BCUT2D eigenvalue weighted by Crippen LogP contribution is -2.28. The number of anilines is 1. The van der Waals surface area contributed by atoms with Crippen molar-refractivity contribution in [2.75, 3.05) is 44.7 Å². The Morgan fingerprint density at radius 3 is 2.78 bits per heavy atom. The summed E-state index contributed by atoms with van der Waals surface area (Å²) in [7, 11) is 0. The Morgan fingerprint density at radius 1 is 1.06 bits per heavy atom. The van der Waals surface area contributed by atoms with E-state index in [1.54, 1.807) is 12.1 Å². The number of nitrogens with zero attached hydrogens (tertiary/aromatic N) is 5.